The summed E-state index contributed by atoms with van der Waals surface area (Å²) in [7, 11) is 0. The lowest BCUT2D eigenvalue weighted by molar-refractivity contribution is -0.384. The normalized spacial score (nSPS) is 10.6. The predicted molar refractivity (Wildman–Crippen MR) is 108 cm³/mol. The lowest BCUT2D eigenvalue weighted by atomic mass is 10.2. The molecule has 28 heavy (non-hydrogen) atoms. The first-order valence-corrected chi connectivity index (χ1v) is 9.36. The van der Waals surface area contributed by atoms with Crippen molar-refractivity contribution in [1.82, 2.24) is 14.9 Å². The topological polar surface area (TPSA) is 129 Å². The standard InChI is InChI=1S/C17H15ClN6O3S/c1-10-8-11(24(26)27)6-7-14(10)20-15(25)9-28-17-22-21-16(23(17)19)12-4-2-3-5-13(12)18/h2-8H,9,19H2,1H3,(H,20,25). The van der Waals surface area contributed by atoms with Gasteiger partial charge in [-0.05, 0) is 30.7 Å². The maximum Gasteiger partial charge on any atom is 0.269 e. The van der Waals surface area contributed by atoms with Gasteiger partial charge in [0.05, 0.1) is 15.7 Å². The quantitative estimate of drug-likeness (QED) is 0.272. The summed E-state index contributed by atoms with van der Waals surface area (Å²) in [6.07, 6.45) is 0. The molecule has 3 rings (SSSR count). The fraction of sp³-hybridized carbons (Fsp3) is 0.118. The SMILES string of the molecule is Cc1cc([N+](=O)[O-])ccc1NC(=O)CSc1nnc(-c2ccccc2Cl)n1N. The number of carbonyl (C=O) groups excluding carboxylic acids is 1. The van der Waals surface area contributed by atoms with Gasteiger partial charge in [0.2, 0.25) is 11.1 Å². The van der Waals surface area contributed by atoms with E-state index in [0.29, 0.717) is 32.8 Å². The molecule has 0 unspecified atom stereocenters. The second-order valence-electron chi connectivity index (χ2n) is 5.75. The van der Waals surface area contributed by atoms with Crippen molar-refractivity contribution in [2.75, 3.05) is 16.9 Å². The Morgan fingerprint density at radius 1 is 1.32 bits per heavy atom. The molecule has 0 aliphatic rings. The number of hydrogen-bond donors (Lipinski definition) is 2. The summed E-state index contributed by atoms with van der Waals surface area (Å²) in [5, 5.41) is 22.4. The molecular formula is C17H15ClN6O3S. The molecule has 3 N–H and O–H groups in total. The van der Waals surface area contributed by atoms with E-state index in [-0.39, 0.29) is 17.3 Å². The molecule has 0 radical (unpaired) electrons. The van der Waals surface area contributed by atoms with Gasteiger partial charge in [0.15, 0.2) is 5.82 Å². The third-order valence-corrected chi connectivity index (χ3v) is 5.08. The van der Waals surface area contributed by atoms with Crippen molar-refractivity contribution in [3.8, 4) is 11.4 Å². The number of nitrogen functional groups attached to an aromatic ring is 1. The van der Waals surface area contributed by atoms with Crippen molar-refractivity contribution in [3.63, 3.8) is 0 Å². The Balaban J connectivity index is 1.66. The van der Waals surface area contributed by atoms with E-state index in [4.69, 9.17) is 17.4 Å². The van der Waals surface area contributed by atoms with E-state index in [0.717, 1.165) is 11.8 Å². The van der Waals surface area contributed by atoms with Crippen LogP contribution in [0, 0.1) is 17.0 Å². The van der Waals surface area contributed by atoms with Crippen LogP contribution in [-0.2, 0) is 4.79 Å². The summed E-state index contributed by atoms with van der Waals surface area (Å²) in [6.45, 7) is 1.68. The second-order valence-corrected chi connectivity index (χ2v) is 7.10. The highest BCUT2D eigenvalue weighted by Gasteiger charge is 2.16. The van der Waals surface area contributed by atoms with Crippen molar-refractivity contribution in [2.24, 2.45) is 0 Å². The van der Waals surface area contributed by atoms with Gasteiger partial charge in [-0.25, -0.2) is 4.68 Å². The van der Waals surface area contributed by atoms with Crippen LogP contribution in [0.2, 0.25) is 5.02 Å². The summed E-state index contributed by atoms with van der Waals surface area (Å²) >= 11 is 7.26. The number of nitrogens with one attached hydrogen (secondary N) is 1. The molecule has 9 nitrogen and oxygen atoms in total. The average Bonchev–Trinajstić information content (AvgIpc) is 3.02. The number of hydrogen-bond acceptors (Lipinski definition) is 7. The van der Waals surface area contributed by atoms with Gasteiger partial charge < -0.3 is 11.2 Å². The minimum Gasteiger partial charge on any atom is -0.335 e. The van der Waals surface area contributed by atoms with Crippen LogP contribution in [0.3, 0.4) is 0 Å². The number of non-ortho nitro benzene ring substituents is 1. The van der Waals surface area contributed by atoms with Crippen molar-refractivity contribution in [1.29, 1.82) is 0 Å². The molecule has 3 aromatic rings. The van der Waals surface area contributed by atoms with E-state index in [9.17, 15) is 14.9 Å². The second kappa shape index (κ2) is 8.28. The lowest BCUT2D eigenvalue weighted by Crippen LogP contribution is -2.17. The van der Waals surface area contributed by atoms with Crippen LogP contribution in [-0.4, -0.2) is 31.5 Å². The van der Waals surface area contributed by atoms with Gasteiger partial charge >= 0.3 is 0 Å². The maximum absolute atomic E-state index is 12.2. The number of rotatable bonds is 6. The number of halogens is 1. The molecule has 0 aliphatic carbocycles. The number of nitro groups is 1. The number of nitrogens with zero attached hydrogens (tertiary/aromatic N) is 4. The zero-order valence-electron chi connectivity index (χ0n) is 14.6. The van der Waals surface area contributed by atoms with Gasteiger partial charge in [0.1, 0.15) is 0 Å². The molecule has 144 valence electrons. The van der Waals surface area contributed by atoms with Gasteiger partial charge in [-0.3, -0.25) is 14.9 Å². The van der Waals surface area contributed by atoms with Crippen LogP contribution in [0.15, 0.2) is 47.6 Å². The summed E-state index contributed by atoms with van der Waals surface area (Å²) in [5.74, 6) is 6.15. The van der Waals surface area contributed by atoms with E-state index in [2.05, 4.69) is 15.5 Å². The van der Waals surface area contributed by atoms with Gasteiger partial charge in [0, 0.05) is 23.4 Å². The van der Waals surface area contributed by atoms with Gasteiger partial charge in [-0.1, -0.05) is 35.5 Å². The first-order chi connectivity index (χ1) is 13.4. The maximum atomic E-state index is 12.2. The Kier molecular flexibility index (Phi) is 5.81. The van der Waals surface area contributed by atoms with Crippen LogP contribution in [0.4, 0.5) is 11.4 Å². The Hall–Kier alpha value is -3.11. The smallest absolute Gasteiger partial charge is 0.269 e. The van der Waals surface area contributed by atoms with E-state index in [1.54, 1.807) is 25.1 Å². The molecule has 0 atom stereocenters. The highest BCUT2D eigenvalue weighted by Crippen LogP contribution is 2.28. The van der Waals surface area contributed by atoms with E-state index >= 15 is 0 Å². The Bertz CT molecular complexity index is 1060. The number of anilines is 1. The summed E-state index contributed by atoms with van der Waals surface area (Å²) in [6, 6.07) is 11.3. The van der Waals surface area contributed by atoms with Gasteiger partial charge in [-0.2, -0.15) is 0 Å². The first-order valence-electron chi connectivity index (χ1n) is 8.00. The molecule has 1 heterocycles. The fourth-order valence-corrected chi connectivity index (χ4v) is 3.30. The fourth-order valence-electron chi connectivity index (χ4n) is 2.42. The molecule has 0 aliphatic heterocycles. The zero-order valence-corrected chi connectivity index (χ0v) is 16.2. The van der Waals surface area contributed by atoms with Crippen molar-refractivity contribution in [2.45, 2.75) is 12.1 Å². The number of nitrogens with two attached hydrogens (primary N) is 1. The van der Waals surface area contributed by atoms with Gasteiger partial charge in [-0.15, -0.1) is 10.2 Å². The van der Waals surface area contributed by atoms with Crippen LogP contribution >= 0.6 is 23.4 Å². The van der Waals surface area contributed by atoms with Crippen LogP contribution < -0.4 is 11.2 Å². The molecule has 0 saturated carbocycles. The van der Waals surface area contributed by atoms with Gasteiger partial charge in [0.25, 0.3) is 5.69 Å². The van der Waals surface area contributed by atoms with E-state index in [1.807, 2.05) is 6.07 Å². The third-order valence-electron chi connectivity index (χ3n) is 3.81. The number of aromatic nitrogens is 3. The largest absolute Gasteiger partial charge is 0.335 e. The minimum absolute atomic E-state index is 0.0341. The zero-order chi connectivity index (χ0) is 20.3. The third kappa shape index (κ3) is 4.24. The molecule has 0 fully saturated rings. The number of carbonyl (C=O) groups is 1. The molecule has 0 spiro atoms. The summed E-state index contributed by atoms with van der Waals surface area (Å²) in [4.78, 5) is 22.5. The number of aryl methyl sites for hydroxylation is 1. The Labute approximate surface area is 169 Å². The molecule has 1 amide bonds. The first kappa shape index (κ1) is 19.6. The van der Waals surface area contributed by atoms with Crippen molar-refractivity contribution >= 4 is 40.6 Å². The molecular weight excluding hydrogens is 404 g/mol. The predicted octanol–water partition coefficient (Wildman–Crippen LogP) is 3.26. The van der Waals surface area contributed by atoms with E-state index in [1.165, 1.54) is 22.9 Å². The monoisotopic (exact) mass is 418 g/mol. The lowest BCUT2D eigenvalue weighted by Gasteiger charge is -2.08. The Morgan fingerprint density at radius 2 is 2.07 bits per heavy atom. The molecule has 0 saturated heterocycles. The number of amides is 1. The minimum atomic E-state index is -0.487. The summed E-state index contributed by atoms with van der Waals surface area (Å²) < 4.78 is 1.27. The average molecular weight is 419 g/mol. The molecule has 2 aromatic carbocycles. The van der Waals surface area contributed by atoms with Crippen molar-refractivity contribution < 1.29 is 9.72 Å². The molecule has 1 aromatic heterocycles. The number of thioether (sulfide) groups is 1. The highest BCUT2D eigenvalue weighted by molar-refractivity contribution is 7.99. The number of benzene rings is 2. The Morgan fingerprint density at radius 3 is 2.75 bits per heavy atom. The highest BCUT2D eigenvalue weighted by atomic mass is 35.5. The van der Waals surface area contributed by atoms with Crippen molar-refractivity contribution in [3.05, 3.63) is 63.2 Å². The van der Waals surface area contributed by atoms with Crippen LogP contribution in [0.1, 0.15) is 5.56 Å². The number of nitro benzene ring substituents is 1. The summed E-state index contributed by atoms with van der Waals surface area (Å²) in [5.41, 5.74) is 1.70. The molecule has 11 heteroatoms. The van der Waals surface area contributed by atoms with E-state index < -0.39 is 4.92 Å². The van der Waals surface area contributed by atoms with Crippen LogP contribution in [0.25, 0.3) is 11.4 Å². The van der Waals surface area contributed by atoms with Crippen LogP contribution in [0.5, 0.6) is 0 Å². The molecule has 0 bridgehead atoms.